The lowest BCUT2D eigenvalue weighted by atomic mass is 10.1. The molecule has 3 aromatic rings. The van der Waals surface area contributed by atoms with Crippen LogP contribution in [0.4, 0.5) is 18.9 Å². The van der Waals surface area contributed by atoms with E-state index in [0.717, 1.165) is 42.3 Å². The van der Waals surface area contributed by atoms with Gasteiger partial charge in [0, 0.05) is 32.7 Å². The largest absolute Gasteiger partial charge is 0.494 e. The lowest BCUT2D eigenvalue weighted by Crippen LogP contribution is -2.46. The first kappa shape index (κ1) is 22.4. The summed E-state index contributed by atoms with van der Waals surface area (Å²) in [5, 5.41) is 8.66. The number of ether oxygens (including phenoxy) is 1. The van der Waals surface area contributed by atoms with Crippen molar-refractivity contribution in [2.24, 2.45) is 0 Å². The zero-order valence-corrected chi connectivity index (χ0v) is 18.5. The minimum absolute atomic E-state index is 0.113. The molecule has 0 amide bonds. The third-order valence-corrected chi connectivity index (χ3v) is 5.93. The molecule has 0 N–H and O–H groups in total. The van der Waals surface area contributed by atoms with Crippen LogP contribution in [0.5, 0.6) is 5.75 Å². The Morgan fingerprint density at radius 2 is 1.75 bits per heavy atom. The van der Waals surface area contributed by atoms with Crippen LogP contribution in [-0.4, -0.2) is 53.2 Å². The molecule has 2 aromatic carbocycles. The van der Waals surface area contributed by atoms with E-state index in [4.69, 9.17) is 16.3 Å². The standard InChI is InChI=1S/C22H23ClF3N5O/c1-15-20(31(28-27-15)19-5-3-4-6-21(19)32-2)14-29-9-11-30(12-10-29)18-8-7-16(13-17(18)23)22(24,25)26/h3-8,13H,9-12,14H2,1-2H3. The molecule has 0 aliphatic carbocycles. The molecular formula is C22H23ClF3N5O. The fourth-order valence-corrected chi connectivity index (χ4v) is 4.15. The van der Waals surface area contributed by atoms with E-state index >= 15 is 0 Å². The van der Waals surface area contributed by atoms with Gasteiger partial charge >= 0.3 is 6.18 Å². The van der Waals surface area contributed by atoms with Gasteiger partial charge in [-0.05, 0) is 37.3 Å². The summed E-state index contributed by atoms with van der Waals surface area (Å²) in [5.74, 6) is 0.709. The second kappa shape index (κ2) is 8.99. The van der Waals surface area contributed by atoms with E-state index in [1.807, 2.05) is 36.1 Å². The van der Waals surface area contributed by atoms with Crippen molar-refractivity contribution in [1.29, 1.82) is 0 Å². The number of hydrogen-bond donors (Lipinski definition) is 0. The maximum Gasteiger partial charge on any atom is 0.416 e. The number of aryl methyl sites for hydroxylation is 1. The van der Waals surface area contributed by atoms with Crippen LogP contribution >= 0.6 is 11.6 Å². The molecule has 0 saturated carbocycles. The number of rotatable bonds is 5. The van der Waals surface area contributed by atoms with Crippen LogP contribution in [0.1, 0.15) is 17.0 Å². The summed E-state index contributed by atoms with van der Waals surface area (Å²) in [5.41, 5.74) is 2.51. The van der Waals surface area contributed by atoms with Crippen molar-refractivity contribution in [3.05, 3.63) is 64.4 Å². The van der Waals surface area contributed by atoms with Gasteiger partial charge in [0.15, 0.2) is 0 Å². The van der Waals surface area contributed by atoms with Crippen molar-refractivity contribution in [3.63, 3.8) is 0 Å². The predicted molar refractivity (Wildman–Crippen MR) is 117 cm³/mol. The molecule has 0 radical (unpaired) electrons. The molecule has 1 aliphatic rings. The van der Waals surface area contributed by atoms with Gasteiger partial charge in [-0.1, -0.05) is 28.9 Å². The van der Waals surface area contributed by atoms with E-state index in [1.54, 1.807) is 11.8 Å². The summed E-state index contributed by atoms with van der Waals surface area (Å²) in [7, 11) is 1.62. The zero-order chi connectivity index (χ0) is 22.9. The van der Waals surface area contributed by atoms with Crippen LogP contribution in [0, 0.1) is 6.92 Å². The van der Waals surface area contributed by atoms with Crippen molar-refractivity contribution >= 4 is 17.3 Å². The highest BCUT2D eigenvalue weighted by Gasteiger charge is 2.31. The Kier molecular flexibility index (Phi) is 6.30. The van der Waals surface area contributed by atoms with E-state index in [0.29, 0.717) is 31.1 Å². The highest BCUT2D eigenvalue weighted by molar-refractivity contribution is 6.33. The smallest absolute Gasteiger partial charge is 0.416 e. The maximum absolute atomic E-state index is 12.9. The Hall–Kier alpha value is -2.78. The van der Waals surface area contributed by atoms with Crippen molar-refractivity contribution in [2.75, 3.05) is 38.2 Å². The summed E-state index contributed by atoms with van der Waals surface area (Å²) in [4.78, 5) is 4.29. The van der Waals surface area contributed by atoms with Gasteiger partial charge in [-0.3, -0.25) is 4.90 Å². The molecular weight excluding hydrogens is 443 g/mol. The summed E-state index contributed by atoms with van der Waals surface area (Å²) in [6.07, 6.45) is -4.41. The SMILES string of the molecule is COc1ccccc1-n1nnc(C)c1CN1CCN(c2ccc(C(F)(F)F)cc2Cl)CC1. The van der Waals surface area contributed by atoms with Crippen molar-refractivity contribution in [2.45, 2.75) is 19.6 Å². The van der Waals surface area contributed by atoms with Crippen LogP contribution < -0.4 is 9.64 Å². The van der Waals surface area contributed by atoms with Gasteiger partial charge in [-0.2, -0.15) is 13.2 Å². The zero-order valence-electron chi connectivity index (χ0n) is 17.7. The summed E-state index contributed by atoms with van der Waals surface area (Å²) in [6.45, 7) is 5.33. The Morgan fingerprint density at radius 3 is 2.41 bits per heavy atom. The van der Waals surface area contributed by atoms with Crippen molar-refractivity contribution < 1.29 is 17.9 Å². The van der Waals surface area contributed by atoms with Gasteiger partial charge in [-0.25, -0.2) is 4.68 Å². The normalized spacial score (nSPS) is 15.2. The third kappa shape index (κ3) is 4.54. The molecule has 1 aliphatic heterocycles. The van der Waals surface area contributed by atoms with E-state index in [-0.39, 0.29) is 5.02 Å². The van der Waals surface area contributed by atoms with Gasteiger partial charge in [0.2, 0.25) is 0 Å². The van der Waals surface area contributed by atoms with Crippen LogP contribution in [0.25, 0.3) is 5.69 Å². The molecule has 0 bridgehead atoms. The maximum atomic E-state index is 12.9. The summed E-state index contributed by atoms with van der Waals surface area (Å²) < 4.78 is 46.0. The Bertz CT molecular complexity index is 1090. The molecule has 170 valence electrons. The highest BCUT2D eigenvalue weighted by Crippen LogP contribution is 2.35. The Morgan fingerprint density at radius 1 is 1.03 bits per heavy atom. The molecule has 2 heterocycles. The molecule has 32 heavy (non-hydrogen) atoms. The van der Waals surface area contributed by atoms with Crippen LogP contribution in [0.3, 0.4) is 0 Å². The second-order valence-electron chi connectivity index (χ2n) is 7.63. The Balaban J connectivity index is 1.46. The molecule has 10 heteroatoms. The van der Waals surface area contributed by atoms with Crippen LogP contribution in [0.15, 0.2) is 42.5 Å². The van der Waals surface area contributed by atoms with Gasteiger partial charge in [0.25, 0.3) is 0 Å². The number of anilines is 1. The van der Waals surface area contributed by atoms with E-state index in [9.17, 15) is 13.2 Å². The fourth-order valence-electron chi connectivity index (χ4n) is 3.85. The quantitative estimate of drug-likeness (QED) is 0.552. The summed E-state index contributed by atoms with van der Waals surface area (Å²) in [6, 6.07) is 11.1. The molecule has 1 aromatic heterocycles. The van der Waals surface area contributed by atoms with Crippen molar-refractivity contribution in [3.8, 4) is 11.4 Å². The number of halogens is 4. The van der Waals surface area contributed by atoms with Gasteiger partial charge in [-0.15, -0.1) is 5.10 Å². The van der Waals surface area contributed by atoms with E-state index in [2.05, 4.69) is 15.2 Å². The lowest BCUT2D eigenvalue weighted by Gasteiger charge is -2.36. The second-order valence-corrected chi connectivity index (χ2v) is 8.04. The fraction of sp³-hybridized carbons (Fsp3) is 0.364. The molecule has 1 fully saturated rings. The minimum Gasteiger partial charge on any atom is -0.494 e. The number of benzene rings is 2. The summed E-state index contributed by atoms with van der Waals surface area (Å²) >= 11 is 6.17. The number of piperazine rings is 1. The number of aromatic nitrogens is 3. The van der Waals surface area contributed by atoms with Gasteiger partial charge in [0.05, 0.1) is 34.8 Å². The van der Waals surface area contributed by atoms with E-state index < -0.39 is 11.7 Å². The first-order valence-corrected chi connectivity index (χ1v) is 10.5. The van der Waals surface area contributed by atoms with Crippen LogP contribution in [-0.2, 0) is 12.7 Å². The minimum atomic E-state index is -4.41. The first-order chi connectivity index (χ1) is 15.3. The molecule has 0 unspecified atom stereocenters. The van der Waals surface area contributed by atoms with Gasteiger partial charge < -0.3 is 9.64 Å². The topological polar surface area (TPSA) is 46.4 Å². The number of nitrogens with zero attached hydrogens (tertiary/aromatic N) is 5. The highest BCUT2D eigenvalue weighted by atomic mass is 35.5. The number of para-hydroxylation sites is 2. The Labute approximate surface area is 189 Å². The van der Waals surface area contributed by atoms with E-state index in [1.165, 1.54) is 6.07 Å². The van der Waals surface area contributed by atoms with Gasteiger partial charge in [0.1, 0.15) is 11.4 Å². The molecule has 1 saturated heterocycles. The average Bonchev–Trinajstić information content (AvgIpc) is 3.13. The number of alkyl halides is 3. The third-order valence-electron chi connectivity index (χ3n) is 5.63. The monoisotopic (exact) mass is 465 g/mol. The number of hydrogen-bond acceptors (Lipinski definition) is 5. The molecule has 0 atom stereocenters. The molecule has 6 nitrogen and oxygen atoms in total. The predicted octanol–water partition coefficient (Wildman–Crippen LogP) is 4.58. The average molecular weight is 466 g/mol. The first-order valence-electron chi connectivity index (χ1n) is 10.2. The van der Waals surface area contributed by atoms with Crippen LogP contribution in [0.2, 0.25) is 5.02 Å². The molecule has 4 rings (SSSR count). The van der Waals surface area contributed by atoms with Crippen molar-refractivity contribution in [1.82, 2.24) is 19.9 Å². The number of methoxy groups -OCH3 is 1. The molecule has 0 spiro atoms. The lowest BCUT2D eigenvalue weighted by molar-refractivity contribution is -0.137.